The highest BCUT2D eigenvalue weighted by molar-refractivity contribution is 5.39. The zero-order valence-corrected chi connectivity index (χ0v) is 11.7. The number of hydrogen-bond acceptors (Lipinski definition) is 6. The van der Waals surface area contributed by atoms with Crippen LogP contribution in [0.2, 0.25) is 0 Å². The predicted molar refractivity (Wildman–Crippen MR) is 74.8 cm³/mol. The Bertz CT molecular complexity index is 584. The lowest BCUT2D eigenvalue weighted by Gasteiger charge is -2.16. The van der Waals surface area contributed by atoms with Gasteiger partial charge in [-0.05, 0) is 20.0 Å². The summed E-state index contributed by atoms with van der Waals surface area (Å²) in [5.74, 6) is 1.53. The molecule has 0 radical (unpaired) electrons. The Kier molecular flexibility index (Phi) is 3.56. The number of para-hydroxylation sites is 1. The van der Waals surface area contributed by atoms with E-state index in [9.17, 15) is 0 Å². The highest BCUT2D eigenvalue weighted by Gasteiger charge is 2.21. The van der Waals surface area contributed by atoms with E-state index in [1.54, 1.807) is 0 Å². The third-order valence-electron chi connectivity index (χ3n) is 3.46. The number of anilines is 1. The van der Waals surface area contributed by atoms with E-state index in [2.05, 4.69) is 21.6 Å². The van der Waals surface area contributed by atoms with Gasteiger partial charge in [-0.1, -0.05) is 23.3 Å². The second-order valence-corrected chi connectivity index (χ2v) is 4.81. The normalized spacial score (nSPS) is 16.2. The maximum Gasteiger partial charge on any atom is 0.318 e. The van der Waals surface area contributed by atoms with Gasteiger partial charge in [-0.25, -0.2) is 0 Å². The van der Waals surface area contributed by atoms with Crippen molar-refractivity contribution in [2.75, 3.05) is 25.1 Å². The van der Waals surface area contributed by atoms with Crippen LogP contribution in [0.25, 0.3) is 0 Å². The summed E-state index contributed by atoms with van der Waals surface area (Å²) in [4.78, 5) is 2.05. The minimum atomic E-state index is 0.0479. The Morgan fingerprint density at radius 2 is 2.15 bits per heavy atom. The molecule has 0 amide bonds. The molecule has 20 heavy (non-hydrogen) atoms. The maximum absolute atomic E-state index is 5.73. The van der Waals surface area contributed by atoms with E-state index in [0.717, 1.165) is 17.9 Å². The SMILES string of the molecule is CNC(C)c1nnc(N2CCOc3ccccc3C2)o1. The van der Waals surface area contributed by atoms with Crippen molar-refractivity contribution in [3.63, 3.8) is 0 Å². The molecule has 6 nitrogen and oxygen atoms in total. The average Bonchev–Trinajstić information content (AvgIpc) is 2.87. The smallest absolute Gasteiger partial charge is 0.318 e. The molecule has 0 aliphatic carbocycles. The van der Waals surface area contributed by atoms with Crippen LogP contribution in [0.5, 0.6) is 5.75 Å². The molecule has 0 saturated carbocycles. The van der Waals surface area contributed by atoms with Crippen molar-refractivity contribution in [3.8, 4) is 5.75 Å². The first-order valence-corrected chi connectivity index (χ1v) is 6.74. The summed E-state index contributed by atoms with van der Waals surface area (Å²) < 4.78 is 11.5. The van der Waals surface area contributed by atoms with Gasteiger partial charge in [0.2, 0.25) is 5.89 Å². The molecule has 1 unspecified atom stereocenters. The zero-order valence-electron chi connectivity index (χ0n) is 11.7. The molecule has 1 aromatic heterocycles. The number of nitrogens with one attached hydrogen (secondary N) is 1. The number of aromatic nitrogens is 2. The van der Waals surface area contributed by atoms with Crippen molar-refractivity contribution in [2.45, 2.75) is 19.5 Å². The van der Waals surface area contributed by atoms with Crippen molar-refractivity contribution >= 4 is 6.01 Å². The molecule has 2 heterocycles. The van der Waals surface area contributed by atoms with E-state index in [1.165, 1.54) is 0 Å². The van der Waals surface area contributed by atoms with Crippen LogP contribution in [0.4, 0.5) is 6.01 Å². The molecule has 1 atom stereocenters. The Hall–Kier alpha value is -2.08. The lowest BCUT2D eigenvalue weighted by Crippen LogP contribution is -2.25. The number of nitrogens with zero attached hydrogens (tertiary/aromatic N) is 3. The minimum absolute atomic E-state index is 0.0479. The van der Waals surface area contributed by atoms with Gasteiger partial charge < -0.3 is 19.4 Å². The monoisotopic (exact) mass is 274 g/mol. The fourth-order valence-electron chi connectivity index (χ4n) is 2.14. The van der Waals surface area contributed by atoms with E-state index < -0.39 is 0 Å². The molecule has 1 N–H and O–H groups in total. The second-order valence-electron chi connectivity index (χ2n) is 4.81. The van der Waals surface area contributed by atoms with E-state index in [4.69, 9.17) is 9.15 Å². The highest BCUT2D eigenvalue weighted by atomic mass is 16.5. The molecule has 6 heteroatoms. The van der Waals surface area contributed by atoms with Crippen LogP contribution in [0.3, 0.4) is 0 Å². The standard InChI is InChI=1S/C14H18N4O2/c1-10(15-2)13-16-17-14(20-13)18-7-8-19-12-6-4-3-5-11(12)9-18/h3-6,10,15H,7-9H2,1-2H3. The van der Waals surface area contributed by atoms with Crippen LogP contribution >= 0.6 is 0 Å². The molecular weight excluding hydrogens is 256 g/mol. The molecule has 0 fully saturated rings. The van der Waals surface area contributed by atoms with E-state index in [0.29, 0.717) is 25.1 Å². The number of ether oxygens (including phenoxy) is 1. The van der Waals surface area contributed by atoms with E-state index >= 15 is 0 Å². The summed E-state index contributed by atoms with van der Waals surface area (Å²) in [5.41, 5.74) is 1.13. The summed E-state index contributed by atoms with van der Waals surface area (Å²) in [6, 6.07) is 8.62. The molecule has 3 rings (SSSR count). The first kappa shape index (κ1) is 12.9. The molecule has 106 valence electrons. The van der Waals surface area contributed by atoms with Gasteiger partial charge in [-0.15, -0.1) is 5.10 Å². The Morgan fingerprint density at radius 1 is 1.30 bits per heavy atom. The third kappa shape index (κ3) is 2.46. The van der Waals surface area contributed by atoms with Crippen molar-refractivity contribution < 1.29 is 9.15 Å². The largest absolute Gasteiger partial charge is 0.491 e. The number of fused-ring (bicyclic) bond motifs is 1. The topological polar surface area (TPSA) is 63.4 Å². The van der Waals surface area contributed by atoms with Crippen LogP contribution in [-0.2, 0) is 6.54 Å². The Balaban J connectivity index is 1.82. The summed E-state index contributed by atoms with van der Waals surface area (Å²) in [7, 11) is 1.87. The quantitative estimate of drug-likeness (QED) is 0.920. The Morgan fingerprint density at radius 3 is 3.00 bits per heavy atom. The molecule has 1 aromatic carbocycles. The van der Waals surface area contributed by atoms with Gasteiger partial charge in [0, 0.05) is 5.56 Å². The van der Waals surface area contributed by atoms with Gasteiger partial charge in [-0.3, -0.25) is 0 Å². The summed E-state index contributed by atoms with van der Waals surface area (Å²) in [6.07, 6.45) is 0. The summed E-state index contributed by atoms with van der Waals surface area (Å²) in [6.45, 7) is 4.03. The summed E-state index contributed by atoms with van der Waals surface area (Å²) in [5, 5.41) is 11.3. The first-order valence-electron chi connectivity index (χ1n) is 6.74. The molecular formula is C14H18N4O2. The zero-order chi connectivity index (χ0) is 13.9. The van der Waals surface area contributed by atoms with Gasteiger partial charge in [-0.2, -0.15) is 0 Å². The van der Waals surface area contributed by atoms with Gasteiger partial charge in [0.1, 0.15) is 12.4 Å². The van der Waals surface area contributed by atoms with Crippen molar-refractivity contribution in [2.24, 2.45) is 0 Å². The Labute approximate surface area is 117 Å². The van der Waals surface area contributed by atoms with Crippen LogP contribution in [-0.4, -0.2) is 30.4 Å². The lowest BCUT2D eigenvalue weighted by atomic mass is 10.2. The van der Waals surface area contributed by atoms with Gasteiger partial charge in [0.15, 0.2) is 0 Å². The van der Waals surface area contributed by atoms with Crippen molar-refractivity contribution in [3.05, 3.63) is 35.7 Å². The molecule has 0 bridgehead atoms. The highest BCUT2D eigenvalue weighted by Crippen LogP contribution is 2.26. The fourth-order valence-corrected chi connectivity index (χ4v) is 2.14. The molecule has 0 spiro atoms. The second kappa shape index (κ2) is 5.50. The van der Waals surface area contributed by atoms with Crippen molar-refractivity contribution in [1.29, 1.82) is 0 Å². The van der Waals surface area contributed by atoms with Gasteiger partial charge in [0.05, 0.1) is 19.1 Å². The number of hydrogen-bond donors (Lipinski definition) is 1. The average molecular weight is 274 g/mol. The molecule has 0 saturated heterocycles. The van der Waals surface area contributed by atoms with Crippen molar-refractivity contribution in [1.82, 2.24) is 15.5 Å². The summed E-state index contributed by atoms with van der Waals surface area (Å²) >= 11 is 0. The van der Waals surface area contributed by atoms with E-state index in [1.807, 2.05) is 37.1 Å². The van der Waals surface area contributed by atoms with Crippen LogP contribution in [0.15, 0.2) is 28.7 Å². The van der Waals surface area contributed by atoms with Crippen LogP contribution in [0.1, 0.15) is 24.4 Å². The van der Waals surface area contributed by atoms with Gasteiger partial charge >= 0.3 is 6.01 Å². The first-order chi connectivity index (χ1) is 9.78. The maximum atomic E-state index is 5.73. The van der Waals surface area contributed by atoms with Crippen LogP contribution in [0, 0.1) is 0 Å². The minimum Gasteiger partial charge on any atom is -0.491 e. The van der Waals surface area contributed by atoms with Crippen LogP contribution < -0.4 is 15.0 Å². The fraction of sp³-hybridized carbons (Fsp3) is 0.429. The molecule has 1 aliphatic heterocycles. The number of benzene rings is 1. The van der Waals surface area contributed by atoms with E-state index in [-0.39, 0.29) is 6.04 Å². The predicted octanol–water partition coefficient (Wildman–Crippen LogP) is 1.75. The third-order valence-corrected chi connectivity index (χ3v) is 3.46. The lowest BCUT2D eigenvalue weighted by molar-refractivity contribution is 0.328. The number of rotatable bonds is 3. The molecule has 2 aromatic rings. The molecule has 1 aliphatic rings. The van der Waals surface area contributed by atoms with Gasteiger partial charge in [0.25, 0.3) is 0 Å².